The van der Waals surface area contributed by atoms with Crippen molar-refractivity contribution in [2.24, 2.45) is 0 Å². The minimum Gasteiger partial charge on any atom is -0.443 e. The number of anilines is 1. The Morgan fingerprint density at radius 1 is 1.41 bits per heavy atom. The Labute approximate surface area is 101 Å². The van der Waals surface area contributed by atoms with Gasteiger partial charge in [-0.25, -0.2) is 25.2 Å². The highest BCUT2D eigenvalue weighted by molar-refractivity contribution is 5.69. The van der Waals surface area contributed by atoms with Crippen molar-refractivity contribution in [1.29, 1.82) is 0 Å². The van der Waals surface area contributed by atoms with Gasteiger partial charge in [0.15, 0.2) is 0 Å². The highest BCUT2D eigenvalue weighted by atomic mass is 16.6. The Kier molecular flexibility index (Phi) is 4.25. The number of amides is 1. The fourth-order valence-corrected chi connectivity index (χ4v) is 1.11. The molecule has 94 valence electrons. The quantitative estimate of drug-likeness (QED) is 0.812. The summed E-state index contributed by atoms with van der Waals surface area (Å²) in [5.74, 6) is 0.431. The van der Waals surface area contributed by atoms with Crippen LogP contribution in [0.2, 0.25) is 0 Å². The minimum atomic E-state index is -0.527. The van der Waals surface area contributed by atoms with E-state index in [9.17, 15) is 4.79 Å². The molecule has 0 atom stereocenters. The molecule has 0 saturated carbocycles. The Morgan fingerprint density at radius 2 is 2.00 bits per heavy atom. The Balaban J connectivity index is 2.62. The van der Waals surface area contributed by atoms with Crippen molar-refractivity contribution in [2.75, 3.05) is 11.6 Å². The summed E-state index contributed by atoms with van der Waals surface area (Å²) in [5, 5.41) is 1.52. The molecule has 0 aromatic carbocycles. The van der Waals surface area contributed by atoms with Gasteiger partial charge in [-0.15, -0.1) is 0 Å². The Hall–Kier alpha value is -1.85. The Bertz CT molecular complexity index is 361. The van der Waals surface area contributed by atoms with E-state index < -0.39 is 11.7 Å². The van der Waals surface area contributed by atoms with Crippen molar-refractivity contribution in [3.05, 3.63) is 18.5 Å². The molecule has 0 radical (unpaired) electrons. The molecule has 1 rings (SSSR count). The van der Waals surface area contributed by atoms with Crippen LogP contribution in [-0.4, -0.2) is 28.2 Å². The molecule has 17 heavy (non-hydrogen) atoms. The highest BCUT2D eigenvalue weighted by Gasteiger charge is 2.18. The number of nitrogens with zero attached hydrogens (tertiary/aromatic N) is 3. The van der Waals surface area contributed by atoms with E-state index in [1.807, 2.05) is 27.7 Å². The van der Waals surface area contributed by atoms with E-state index in [1.165, 1.54) is 5.01 Å². The third kappa shape index (κ3) is 4.67. The number of carbonyl (C=O) groups is 1. The van der Waals surface area contributed by atoms with Crippen LogP contribution in [0.15, 0.2) is 18.5 Å². The van der Waals surface area contributed by atoms with Crippen molar-refractivity contribution >= 4 is 12.0 Å². The molecule has 1 amide bonds. The van der Waals surface area contributed by atoms with Crippen molar-refractivity contribution in [2.45, 2.75) is 33.3 Å². The van der Waals surface area contributed by atoms with Gasteiger partial charge in [-0.05, 0) is 33.8 Å². The second-order valence-electron chi connectivity index (χ2n) is 4.41. The lowest BCUT2D eigenvalue weighted by molar-refractivity contribution is 0.0520. The Morgan fingerprint density at radius 3 is 2.47 bits per heavy atom. The molecule has 0 aliphatic rings. The van der Waals surface area contributed by atoms with E-state index in [0.29, 0.717) is 12.5 Å². The minimum absolute atomic E-state index is 0.431. The molecule has 0 fully saturated rings. The summed E-state index contributed by atoms with van der Waals surface area (Å²) in [7, 11) is 0. The van der Waals surface area contributed by atoms with Crippen molar-refractivity contribution in [3.8, 4) is 0 Å². The summed E-state index contributed by atoms with van der Waals surface area (Å²) in [6.07, 6.45) is 2.70. The van der Waals surface area contributed by atoms with Gasteiger partial charge >= 0.3 is 6.09 Å². The molecule has 1 N–H and O–H groups in total. The number of hydrazine groups is 1. The summed E-state index contributed by atoms with van der Waals surface area (Å²) in [5.41, 5.74) is 2.06. The average molecular weight is 238 g/mol. The van der Waals surface area contributed by atoms with E-state index in [-0.39, 0.29) is 0 Å². The van der Waals surface area contributed by atoms with Gasteiger partial charge in [-0.2, -0.15) is 0 Å². The second-order valence-corrected chi connectivity index (χ2v) is 4.41. The number of ether oxygens (including phenoxy) is 1. The van der Waals surface area contributed by atoms with Gasteiger partial charge in [0.1, 0.15) is 5.60 Å². The first-order chi connectivity index (χ1) is 7.92. The first-order valence-electron chi connectivity index (χ1n) is 5.46. The van der Waals surface area contributed by atoms with Crippen LogP contribution in [0.4, 0.5) is 10.7 Å². The maximum Gasteiger partial charge on any atom is 0.426 e. The molecule has 6 nitrogen and oxygen atoms in total. The van der Waals surface area contributed by atoms with Gasteiger partial charge in [-0.3, -0.25) is 0 Å². The molecule has 6 heteroatoms. The van der Waals surface area contributed by atoms with E-state index in [0.717, 1.165) is 0 Å². The van der Waals surface area contributed by atoms with Gasteiger partial charge in [0.25, 0.3) is 0 Å². The molecular formula is C11H18N4O2. The molecule has 0 saturated heterocycles. The first-order valence-corrected chi connectivity index (χ1v) is 5.46. The molecule has 1 heterocycles. The van der Waals surface area contributed by atoms with Gasteiger partial charge in [-0.1, -0.05) is 0 Å². The highest BCUT2D eigenvalue weighted by Crippen LogP contribution is 2.08. The van der Waals surface area contributed by atoms with Crippen LogP contribution in [-0.2, 0) is 4.74 Å². The topological polar surface area (TPSA) is 67.4 Å². The SMILES string of the molecule is CCN(NC(=O)OC(C)(C)C)c1ncccn1. The van der Waals surface area contributed by atoms with Crippen molar-refractivity contribution in [1.82, 2.24) is 15.4 Å². The predicted molar refractivity (Wildman–Crippen MR) is 64.4 cm³/mol. The number of nitrogens with one attached hydrogen (secondary N) is 1. The molecule has 0 bridgehead atoms. The lowest BCUT2D eigenvalue weighted by Gasteiger charge is -2.25. The zero-order valence-electron chi connectivity index (χ0n) is 10.6. The van der Waals surface area contributed by atoms with Gasteiger partial charge < -0.3 is 4.74 Å². The number of hydrogen-bond donors (Lipinski definition) is 1. The monoisotopic (exact) mass is 238 g/mol. The van der Waals surface area contributed by atoms with E-state index >= 15 is 0 Å². The van der Waals surface area contributed by atoms with Crippen LogP contribution in [0.3, 0.4) is 0 Å². The summed E-state index contributed by atoms with van der Waals surface area (Å²) < 4.78 is 5.14. The normalized spacial score (nSPS) is 10.8. The number of aromatic nitrogens is 2. The third-order valence-electron chi connectivity index (χ3n) is 1.73. The average Bonchev–Trinajstić information content (AvgIpc) is 2.24. The molecule has 1 aromatic rings. The van der Waals surface area contributed by atoms with Crippen LogP contribution in [0, 0.1) is 0 Å². The van der Waals surface area contributed by atoms with E-state index in [1.54, 1.807) is 18.5 Å². The lowest BCUT2D eigenvalue weighted by atomic mass is 10.2. The van der Waals surface area contributed by atoms with Crippen LogP contribution >= 0.6 is 0 Å². The van der Waals surface area contributed by atoms with Crippen LogP contribution < -0.4 is 10.4 Å². The molecule has 0 aliphatic carbocycles. The maximum absolute atomic E-state index is 11.6. The summed E-state index contributed by atoms with van der Waals surface area (Å²) >= 11 is 0. The standard InChI is InChI=1S/C11H18N4O2/c1-5-15(9-12-7-6-8-13-9)14-10(16)17-11(2,3)4/h6-8H,5H2,1-4H3,(H,14,16). The smallest absolute Gasteiger partial charge is 0.426 e. The fraction of sp³-hybridized carbons (Fsp3) is 0.545. The molecular weight excluding hydrogens is 220 g/mol. The maximum atomic E-state index is 11.6. The van der Waals surface area contributed by atoms with Crippen LogP contribution in [0.25, 0.3) is 0 Å². The molecule has 0 aliphatic heterocycles. The van der Waals surface area contributed by atoms with Gasteiger partial charge in [0.05, 0.1) is 0 Å². The van der Waals surface area contributed by atoms with Crippen LogP contribution in [0.1, 0.15) is 27.7 Å². The van der Waals surface area contributed by atoms with E-state index in [2.05, 4.69) is 15.4 Å². The molecule has 0 unspecified atom stereocenters. The first kappa shape index (κ1) is 13.2. The van der Waals surface area contributed by atoms with Gasteiger partial charge in [0, 0.05) is 18.9 Å². The lowest BCUT2D eigenvalue weighted by Crippen LogP contribution is -2.45. The molecule has 0 spiro atoms. The van der Waals surface area contributed by atoms with E-state index in [4.69, 9.17) is 4.74 Å². The zero-order chi connectivity index (χ0) is 12.9. The van der Waals surface area contributed by atoms with Crippen molar-refractivity contribution in [3.63, 3.8) is 0 Å². The number of carbonyl (C=O) groups excluding carboxylic acids is 1. The third-order valence-corrected chi connectivity index (χ3v) is 1.73. The molecule has 1 aromatic heterocycles. The second kappa shape index (κ2) is 5.47. The summed E-state index contributed by atoms with van der Waals surface area (Å²) in [6.45, 7) is 7.85. The summed E-state index contributed by atoms with van der Waals surface area (Å²) in [6, 6.07) is 1.71. The predicted octanol–water partition coefficient (Wildman–Crippen LogP) is 1.74. The number of hydrogen-bond acceptors (Lipinski definition) is 5. The van der Waals surface area contributed by atoms with Crippen LogP contribution in [0.5, 0.6) is 0 Å². The van der Waals surface area contributed by atoms with Crippen molar-refractivity contribution < 1.29 is 9.53 Å². The summed E-state index contributed by atoms with van der Waals surface area (Å²) in [4.78, 5) is 19.7. The zero-order valence-corrected chi connectivity index (χ0v) is 10.6. The fourth-order valence-electron chi connectivity index (χ4n) is 1.11. The van der Waals surface area contributed by atoms with Gasteiger partial charge in [0.2, 0.25) is 5.95 Å². The number of rotatable bonds is 3. The largest absolute Gasteiger partial charge is 0.443 e.